The van der Waals surface area contributed by atoms with Gasteiger partial charge in [0.2, 0.25) is 0 Å². The van der Waals surface area contributed by atoms with Crippen LogP contribution in [0.5, 0.6) is 0 Å². The van der Waals surface area contributed by atoms with Gasteiger partial charge in [0.25, 0.3) is 0 Å². The average Bonchev–Trinajstić information content (AvgIpc) is 2.72. The molecule has 0 fully saturated rings. The van der Waals surface area contributed by atoms with E-state index in [0.717, 1.165) is 0 Å². The summed E-state index contributed by atoms with van der Waals surface area (Å²) in [5.74, 6) is 0. The second-order valence-electron chi connectivity index (χ2n) is 6.51. The molecule has 0 aliphatic carbocycles. The summed E-state index contributed by atoms with van der Waals surface area (Å²) in [4.78, 5) is 0. The van der Waals surface area contributed by atoms with E-state index in [0.29, 0.717) is 0 Å². The van der Waals surface area contributed by atoms with E-state index in [9.17, 15) is 0 Å². The second-order valence-corrected chi connectivity index (χ2v) is 6.51. The second kappa shape index (κ2) is 8.55. The predicted octanol–water partition coefficient (Wildman–Crippen LogP) is 0.0680. The Bertz CT molecular complexity index is 759. The van der Waals surface area contributed by atoms with Crippen LogP contribution in [0, 0.1) is 0 Å². The van der Waals surface area contributed by atoms with E-state index in [1.165, 1.54) is 21.9 Å². The van der Waals surface area contributed by atoms with Gasteiger partial charge in [-0.25, -0.2) is 0 Å². The third-order valence-corrected chi connectivity index (χ3v) is 5.20. The van der Waals surface area contributed by atoms with Crippen LogP contribution in [0.3, 0.4) is 0 Å². The van der Waals surface area contributed by atoms with Crippen LogP contribution in [-0.2, 0) is 0 Å². The van der Waals surface area contributed by atoms with Crippen molar-refractivity contribution in [1.82, 2.24) is 0 Å². The number of hydrogen-bond donors (Lipinski definition) is 0. The normalized spacial score (nSPS) is 10.8. The Kier molecular flexibility index (Phi) is 6.16. The van der Waals surface area contributed by atoms with Crippen molar-refractivity contribution in [3.05, 3.63) is 121 Å². The molecule has 0 atom stereocenters. The molecule has 0 bridgehead atoms. The summed E-state index contributed by atoms with van der Waals surface area (Å²) in [6, 6.07) is 43.5. The van der Waals surface area contributed by atoms with Crippen LogP contribution in [0.2, 0.25) is 0 Å². The Labute approximate surface area is 178 Å². The molecule has 0 spiro atoms. The molecule has 0 radical (unpaired) electrons. The maximum Gasteiger partial charge on any atom is 1.00 e. The van der Waals surface area contributed by atoms with Crippen molar-refractivity contribution in [2.45, 2.75) is 0 Å². The van der Waals surface area contributed by atoms with Crippen LogP contribution in [0.1, 0.15) is 0 Å². The zero-order valence-corrected chi connectivity index (χ0v) is 17.1. The van der Waals surface area contributed by atoms with Gasteiger partial charge in [-0.3, -0.25) is 0 Å². The van der Waals surface area contributed by atoms with Gasteiger partial charge in [0, 0.05) is 0 Å². The summed E-state index contributed by atoms with van der Waals surface area (Å²) in [5.41, 5.74) is 5.36. The first-order chi connectivity index (χ1) is 12.4. The van der Waals surface area contributed by atoms with E-state index in [1.807, 2.05) is 0 Å². The molecule has 2 heteroatoms. The first-order valence-electron chi connectivity index (χ1n) is 8.80. The van der Waals surface area contributed by atoms with E-state index in [4.69, 9.17) is 0 Å². The van der Waals surface area contributed by atoms with Crippen LogP contribution in [0.15, 0.2) is 121 Å². The molecule has 4 aromatic carbocycles. The summed E-state index contributed by atoms with van der Waals surface area (Å²) >= 11 is 0. The van der Waals surface area contributed by atoms with Gasteiger partial charge in [-0.1, -0.05) is 121 Å². The Morgan fingerprint density at radius 3 is 0.692 bits per heavy atom. The summed E-state index contributed by atoms with van der Waals surface area (Å²) in [6.07, 6.45) is -1.22. The fraction of sp³-hybridized carbons (Fsp3) is 0. The Balaban J connectivity index is 0.00000196. The zero-order valence-electron chi connectivity index (χ0n) is 15.1. The standard InChI is InChI=1S/C24H20B.Na/c1-5-13-21(14-6-1)25(22-15-7-2-8-16-22,23-17-9-3-10-18-23)24-19-11-4-12-20-24;/h1-20H;/q-1;+1. The monoisotopic (exact) mass is 342 g/mol. The summed E-state index contributed by atoms with van der Waals surface area (Å²) in [6.45, 7) is 0. The molecule has 0 aliphatic heterocycles. The van der Waals surface area contributed by atoms with Crippen LogP contribution >= 0.6 is 0 Å². The first kappa shape index (κ1) is 18.7. The van der Waals surface area contributed by atoms with Gasteiger partial charge < -0.3 is 0 Å². The smallest absolute Gasteiger partial charge is 0.195 e. The van der Waals surface area contributed by atoms with Crippen molar-refractivity contribution in [1.29, 1.82) is 0 Å². The molecular weight excluding hydrogens is 322 g/mol. The summed E-state index contributed by atoms with van der Waals surface area (Å²) < 4.78 is 0. The number of hydrogen-bond acceptors (Lipinski definition) is 0. The molecule has 0 heterocycles. The van der Waals surface area contributed by atoms with Crippen molar-refractivity contribution in [2.75, 3.05) is 0 Å². The molecule has 0 saturated carbocycles. The van der Waals surface area contributed by atoms with Gasteiger partial charge in [-0.2, -0.15) is 21.9 Å². The first-order valence-corrected chi connectivity index (χ1v) is 8.80. The molecule has 0 aliphatic rings. The molecule has 0 N–H and O–H groups in total. The molecule has 120 valence electrons. The SMILES string of the molecule is [Na+].c1ccc([B-](c2ccccc2)(c2ccccc2)c2ccccc2)cc1. The van der Waals surface area contributed by atoms with Crippen LogP contribution < -0.4 is 51.4 Å². The molecule has 0 aromatic heterocycles. The molecule has 26 heavy (non-hydrogen) atoms. The molecular formula is C24H20BNa. The molecule has 4 rings (SSSR count). The van der Waals surface area contributed by atoms with Crippen LogP contribution in [0.25, 0.3) is 0 Å². The summed E-state index contributed by atoms with van der Waals surface area (Å²) in [5, 5.41) is 0. The molecule has 0 unspecified atom stereocenters. The van der Waals surface area contributed by atoms with E-state index < -0.39 is 6.15 Å². The van der Waals surface area contributed by atoms with Crippen molar-refractivity contribution in [2.24, 2.45) is 0 Å². The van der Waals surface area contributed by atoms with Crippen molar-refractivity contribution in [3.8, 4) is 0 Å². The van der Waals surface area contributed by atoms with E-state index in [1.54, 1.807) is 0 Å². The van der Waals surface area contributed by atoms with Crippen molar-refractivity contribution in [3.63, 3.8) is 0 Å². The van der Waals surface area contributed by atoms with Gasteiger partial charge in [-0.15, -0.1) is 0 Å². The van der Waals surface area contributed by atoms with Gasteiger partial charge in [-0.05, 0) is 0 Å². The fourth-order valence-corrected chi connectivity index (χ4v) is 4.12. The minimum absolute atomic E-state index is 0. The minimum atomic E-state index is -1.22. The molecule has 0 nitrogen and oxygen atoms in total. The van der Waals surface area contributed by atoms with E-state index >= 15 is 0 Å². The zero-order chi connectivity index (χ0) is 17.0. The number of rotatable bonds is 4. The van der Waals surface area contributed by atoms with Crippen LogP contribution in [-0.4, -0.2) is 6.15 Å². The van der Waals surface area contributed by atoms with Gasteiger partial charge in [0.05, 0.1) is 0 Å². The molecule has 0 amide bonds. The Morgan fingerprint density at radius 2 is 0.500 bits per heavy atom. The third-order valence-electron chi connectivity index (χ3n) is 5.20. The Hall–Kier alpha value is -2.06. The third kappa shape index (κ3) is 3.31. The average molecular weight is 342 g/mol. The predicted molar refractivity (Wildman–Crippen MR) is 110 cm³/mol. The number of benzene rings is 4. The topological polar surface area (TPSA) is 0 Å². The van der Waals surface area contributed by atoms with Crippen molar-refractivity contribution >= 4 is 28.0 Å². The van der Waals surface area contributed by atoms with Crippen molar-refractivity contribution < 1.29 is 29.6 Å². The quantitative estimate of drug-likeness (QED) is 0.461. The van der Waals surface area contributed by atoms with Gasteiger partial charge in [0.1, 0.15) is 6.15 Å². The minimum Gasteiger partial charge on any atom is -0.195 e. The van der Waals surface area contributed by atoms with E-state index in [-0.39, 0.29) is 29.6 Å². The van der Waals surface area contributed by atoms with E-state index in [2.05, 4.69) is 121 Å². The summed E-state index contributed by atoms with van der Waals surface area (Å²) in [7, 11) is 0. The molecule has 0 saturated heterocycles. The van der Waals surface area contributed by atoms with Crippen LogP contribution in [0.4, 0.5) is 0 Å². The maximum absolute atomic E-state index is 2.26. The fourth-order valence-electron chi connectivity index (χ4n) is 4.12. The molecule has 4 aromatic rings. The largest absolute Gasteiger partial charge is 1.00 e. The van der Waals surface area contributed by atoms with Gasteiger partial charge >= 0.3 is 29.6 Å². The maximum atomic E-state index is 2.26. The Morgan fingerprint density at radius 1 is 0.308 bits per heavy atom. The van der Waals surface area contributed by atoms with Gasteiger partial charge in [0.15, 0.2) is 0 Å².